The van der Waals surface area contributed by atoms with Crippen molar-refractivity contribution in [3.8, 4) is 0 Å². The van der Waals surface area contributed by atoms with Crippen LogP contribution in [0.4, 0.5) is 10.1 Å². The number of halogens is 1. The maximum atomic E-state index is 13.4. The number of anilines is 1. The Morgan fingerprint density at radius 2 is 1.43 bits per heavy atom. The molecule has 0 radical (unpaired) electrons. The standard InChI is InChI=1S/C20H15FN2/c21-15-7-5-6-14(12-15)13-22-20-16-8-1-3-10-18(16)23-19-11-4-2-9-17(19)20/h1-12H,13H2,(H,22,23). The molecule has 112 valence electrons. The lowest BCUT2D eigenvalue weighted by Gasteiger charge is -2.13. The fourth-order valence-electron chi connectivity index (χ4n) is 2.87. The van der Waals surface area contributed by atoms with Crippen LogP contribution in [0.5, 0.6) is 0 Å². The van der Waals surface area contributed by atoms with Gasteiger partial charge in [0.25, 0.3) is 0 Å². The minimum absolute atomic E-state index is 0.214. The molecule has 0 unspecified atom stereocenters. The predicted octanol–water partition coefficient (Wildman–Crippen LogP) is 5.14. The monoisotopic (exact) mass is 302 g/mol. The summed E-state index contributed by atoms with van der Waals surface area (Å²) < 4.78 is 13.4. The Morgan fingerprint density at radius 3 is 2.09 bits per heavy atom. The molecule has 0 saturated heterocycles. The lowest BCUT2D eigenvalue weighted by Crippen LogP contribution is -2.02. The van der Waals surface area contributed by atoms with Crippen LogP contribution in [0.3, 0.4) is 0 Å². The number of para-hydroxylation sites is 2. The zero-order chi connectivity index (χ0) is 15.6. The number of nitrogens with zero attached hydrogens (tertiary/aromatic N) is 1. The van der Waals surface area contributed by atoms with Gasteiger partial charge in [-0.1, -0.05) is 48.5 Å². The van der Waals surface area contributed by atoms with Gasteiger partial charge in [-0.25, -0.2) is 9.37 Å². The largest absolute Gasteiger partial charge is 0.380 e. The molecule has 0 atom stereocenters. The number of hydrogen-bond donors (Lipinski definition) is 1. The molecule has 0 bridgehead atoms. The van der Waals surface area contributed by atoms with Crippen LogP contribution in [0.2, 0.25) is 0 Å². The van der Waals surface area contributed by atoms with Crippen molar-refractivity contribution >= 4 is 27.5 Å². The van der Waals surface area contributed by atoms with Gasteiger partial charge in [-0.15, -0.1) is 0 Å². The Labute approximate surface area is 133 Å². The van der Waals surface area contributed by atoms with Gasteiger partial charge in [-0.3, -0.25) is 0 Å². The number of benzene rings is 3. The highest BCUT2D eigenvalue weighted by molar-refractivity contribution is 6.07. The van der Waals surface area contributed by atoms with Gasteiger partial charge in [0.05, 0.1) is 16.7 Å². The van der Waals surface area contributed by atoms with Crippen LogP contribution in [0.15, 0.2) is 72.8 Å². The number of aromatic nitrogens is 1. The van der Waals surface area contributed by atoms with E-state index in [2.05, 4.69) is 17.4 Å². The predicted molar refractivity (Wildman–Crippen MR) is 93.0 cm³/mol. The summed E-state index contributed by atoms with van der Waals surface area (Å²) in [6.07, 6.45) is 0. The van der Waals surface area contributed by atoms with E-state index in [-0.39, 0.29) is 5.82 Å². The van der Waals surface area contributed by atoms with Gasteiger partial charge in [0.2, 0.25) is 0 Å². The Kier molecular flexibility index (Phi) is 3.39. The summed E-state index contributed by atoms with van der Waals surface area (Å²) in [5.74, 6) is -0.214. The zero-order valence-corrected chi connectivity index (χ0v) is 12.5. The van der Waals surface area contributed by atoms with Crippen LogP contribution in [0.1, 0.15) is 5.56 Å². The zero-order valence-electron chi connectivity index (χ0n) is 12.5. The van der Waals surface area contributed by atoms with Crippen molar-refractivity contribution in [1.29, 1.82) is 0 Å². The van der Waals surface area contributed by atoms with Crippen LogP contribution in [0, 0.1) is 5.82 Å². The summed E-state index contributed by atoms with van der Waals surface area (Å²) in [5, 5.41) is 5.61. The molecule has 0 aliphatic heterocycles. The lowest BCUT2D eigenvalue weighted by molar-refractivity contribution is 0.626. The van der Waals surface area contributed by atoms with E-state index in [1.165, 1.54) is 6.07 Å². The molecule has 0 fully saturated rings. The first-order chi connectivity index (χ1) is 11.3. The van der Waals surface area contributed by atoms with Crippen molar-refractivity contribution in [3.05, 3.63) is 84.2 Å². The Bertz CT molecular complexity index is 941. The summed E-state index contributed by atoms with van der Waals surface area (Å²) in [6.45, 7) is 0.565. The second-order valence-electron chi connectivity index (χ2n) is 5.50. The fourth-order valence-corrected chi connectivity index (χ4v) is 2.87. The van der Waals surface area contributed by atoms with Crippen molar-refractivity contribution in [2.75, 3.05) is 5.32 Å². The summed E-state index contributed by atoms with van der Waals surface area (Å²) in [4.78, 5) is 4.71. The number of hydrogen-bond acceptors (Lipinski definition) is 2. The van der Waals surface area contributed by atoms with E-state index in [0.717, 1.165) is 33.1 Å². The summed E-state index contributed by atoms with van der Waals surface area (Å²) in [6, 6.07) is 22.8. The molecule has 0 aliphatic rings. The molecular formula is C20H15FN2. The Morgan fingerprint density at radius 1 is 0.783 bits per heavy atom. The van der Waals surface area contributed by atoms with Gasteiger partial charge in [0.1, 0.15) is 5.82 Å². The van der Waals surface area contributed by atoms with Crippen LogP contribution in [-0.2, 0) is 6.54 Å². The first kappa shape index (κ1) is 13.7. The van der Waals surface area contributed by atoms with Gasteiger partial charge >= 0.3 is 0 Å². The van der Waals surface area contributed by atoms with E-state index >= 15 is 0 Å². The van der Waals surface area contributed by atoms with E-state index in [1.807, 2.05) is 42.5 Å². The van der Waals surface area contributed by atoms with Gasteiger partial charge in [-0.2, -0.15) is 0 Å². The highest BCUT2D eigenvalue weighted by Gasteiger charge is 2.08. The van der Waals surface area contributed by atoms with Crippen LogP contribution >= 0.6 is 0 Å². The average molecular weight is 302 g/mol. The summed E-state index contributed by atoms with van der Waals surface area (Å²) in [7, 11) is 0. The van der Waals surface area contributed by atoms with E-state index in [0.29, 0.717) is 6.54 Å². The van der Waals surface area contributed by atoms with E-state index in [4.69, 9.17) is 4.98 Å². The molecule has 0 saturated carbocycles. The highest BCUT2D eigenvalue weighted by atomic mass is 19.1. The van der Waals surface area contributed by atoms with Crippen molar-refractivity contribution in [2.45, 2.75) is 6.54 Å². The van der Waals surface area contributed by atoms with Crippen molar-refractivity contribution in [3.63, 3.8) is 0 Å². The minimum atomic E-state index is -0.214. The third kappa shape index (κ3) is 2.61. The first-order valence-electron chi connectivity index (χ1n) is 7.57. The summed E-state index contributed by atoms with van der Waals surface area (Å²) in [5.41, 5.74) is 3.85. The van der Waals surface area contributed by atoms with Crippen molar-refractivity contribution in [2.24, 2.45) is 0 Å². The number of rotatable bonds is 3. The van der Waals surface area contributed by atoms with E-state index in [9.17, 15) is 4.39 Å². The average Bonchev–Trinajstić information content (AvgIpc) is 2.58. The van der Waals surface area contributed by atoms with Crippen molar-refractivity contribution < 1.29 is 4.39 Å². The lowest BCUT2D eigenvalue weighted by atomic mass is 10.1. The molecule has 1 heterocycles. The van der Waals surface area contributed by atoms with Gasteiger partial charge in [0, 0.05) is 17.3 Å². The summed E-state index contributed by atoms with van der Waals surface area (Å²) >= 11 is 0. The topological polar surface area (TPSA) is 24.9 Å². The van der Waals surface area contributed by atoms with Gasteiger partial charge < -0.3 is 5.32 Å². The molecule has 3 aromatic carbocycles. The van der Waals surface area contributed by atoms with Crippen LogP contribution in [0.25, 0.3) is 21.8 Å². The van der Waals surface area contributed by atoms with Gasteiger partial charge in [-0.05, 0) is 29.8 Å². The molecule has 2 nitrogen and oxygen atoms in total. The molecular weight excluding hydrogens is 287 g/mol. The molecule has 4 rings (SSSR count). The second-order valence-corrected chi connectivity index (χ2v) is 5.50. The third-order valence-electron chi connectivity index (χ3n) is 3.95. The maximum Gasteiger partial charge on any atom is 0.123 e. The van der Waals surface area contributed by atoms with E-state index < -0.39 is 0 Å². The molecule has 0 spiro atoms. The molecule has 0 aliphatic carbocycles. The Balaban J connectivity index is 1.82. The minimum Gasteiger partial charge on any atom is -0.380 e. The molecule has 4 aromatic rings. The molecule has 23 heavy (non-hydrogen) atoms. The van der Waals surface area contributed by atoms with E-state index in [1.54, 1.807) is 12.1 Å². The Hall–Kier alpha value is -2.94. The van der Waals surface area contributed by atoms with Crippen LogP contribution < -0.4 is 5.32 Å². The third-order valence-corrected chi connectivity index (χ3v) is 3.95. The number of nitrogens with one attached hydrogen (secondary N) is 1. The molecule has 3 heteroatoms. The van der Waals surface area contributed by atoms with Crippen molar-refractivity contribution in [1.82, 2.24) is 4.98 Å². The first-order valence-corrected chi connectivity index (χ1v) is 7.57. The quantitative estimate of drug-likeness (QED) is 0.530. The highest BCUT2D eigenvalue weighted by Crippen LogP contribution is 2.30. The van der Waals surface area contributed by atoms with Gasteiger partial charge in [0.15, 0.2) is 0 Å². The molecule has 0 amide bonds. The molecule has 1 N–H and O–H groups in total. The molecule has 1 aromatic heterocycles. The number of pyridine rings is 1. The smallest absolute Gasteiger partial charge is 0.123 e. The maximum absolute atomic E-state index is 13.4. The number of fused-ring (bicyclic) bond motifs is 2. The SMILES string of the molecule is Fc1cccc(CNc2c3ccccc3nc3ccccc23)c1. The second kappa shape index (κ2) is 5.69. The van der Waals surface area contributed by atoms with Crippen LogP contribution in [-0.4, -0.2) is 4.98 Å². The normalized spacial score (nSPS) is 11.0. The fraction of sp³-hybridized carbons (Fsp3) is 0.0500.